The normalized spacial score (nSPS) is 11.0. The van der Waals surface area contributed by atoms with Crippen LogP contribution in [0.4, 0.5) is 0 Å². The lowest BCUT2D eigenvalue weighted by atomic mass is 10.3. The van der Waals surface area contributed by atoms with Gasteiger partial charge in [-0.1, -0.05) is 36.0 Å². The highest BCUT2D eigenvalue weighted by Gasteiger charge is 2.13. The number of rotatable bonds is 8. The Morgan fingerprint density at radius 1 is 1.25 bits per heavy atom. The van der Waals surface area contributed by atoms with Crippen LogP contribution in [0.1, 0.15) is 11.5 Å². The summed E-state index contributed by atoms with van der Waals surface area (Å²) in [6.45, 7) is 4.70. The molecule has 0 unspecified atom stereocenters. The van der Waals surface area contributed by atoms with Crippen molar-refractivity contribution in [1.82, 2.24) is 24.1 Å². The van der Waals surface area contributed by atoms with Gasteiger partial charge in [0.15, 0.2) is 15.9 Å². The average molecular weight is 412 g/mol. The molecular formula is C19H17N5O2S2. The molecule has 9 heteroatoms. The van der Waals surface area contributed by atoms with E-state index in [9.17, 15) is 4.79 Å². The first-order chi connectivity index (χ1) is 13.7. The third kappa shape index (κ3) is 4.00. The van der Waals surface area contributed by atoms with Gasteiger partial charge in [0.2, 0.25) is 0 Å². The second-order valence-electron chi connectivity index (χ2n) is 5.83. The van der Waals surface area contributed by atoms with Gasteiger partial charge in [-0.25, -0.2) is 4.98 Å². The fraction of sp³-hybridized carbons (Fsp3) is 0.158. The molecule has 0 radical (unpaired) electrons. The zero-order chi connectivity index (χ0) is 19.3. The highest BCUT2D eigenvalue weighted by molar-refractivity contribution is 7.98. The van der Waals surface area contributed by atoms with E-state index < -0.39 is 0 Å². The van der Waals surface area contributed by atoms with E-state index in [0.717, 1.165) is 10.9 Å². The highest BCUT2D eigenvalue weighted by Crippen LogP contribution is 2.22. The number of ether oxygens (including phenoxy) is 1. The summed E-state index contributed by atoms with van der Waals surface area (Å²) in [5, 5.41) is 11.1. The molecule has 0 spiro atoms. The van der Waals surface area contributed by atoms with E-state index in [0.29, 0.717) is 35.4 Å². The van der Waals surface area contributed by atoms with Gasteiger partial charge in [0.25, 0.3) is 5.56 Å². The average Bonchev–Trinajstić information content (AvgIpc) is 3.33. The molecule has 0 bridgehead atoms. The van der Waals surface area contributed by atoms with E-state index in [4.69, 9.17) is 4.74 Å². The Morgan fingerprint density at radius 3 is 2.93 bits per heavy atom. The van der Waals surface area contributed by atoms with Gasteiger partial charge in [0, 0.05) is 29.9 Å². The summed E-state index contributed by atoms with van der Waals surface area (Å²) in [7, 11) is 0. The van der Waals surface area contributed by atoms with Gasteiger partial charge in [0.05, 0.1) is 5.69 Å². The predicted octanol–water partition coefficient (Wildman–Crippen LogP) is 3.40. The molecule has 0 saturated carbocycles. The number of benzene rings is 1. The summed E-state index contributed by atoms with van der Waals surface area (Å²) in [5.74, 6) is 2.02. The minimum absolute atomic E-state index is 0.0774. The smallest absolute Gasteiger partial charge is 0.258 e. The van der Waals surface area contributed by atoms with E-state index in [1.807, 2.05) is 40.3 Å². The van der Waals surface area contributed by atoms with Gasteiger partial charge >= 0.3 is 0 Å². The minimum Gasteiger partial charge on any atom is -0.486 e. The molecule has 7 nitrogen and oxygen atoms in total. The van der Waals surface area contributed by atoms with Crippen molar-refractivity contribution in [1.29, 1.82) is 0 Å². The topological polar surface area (TPSA) is 74.3 Å². The fourth-order valence-corrected chi connectivity index (χ4v) is 4.21. The number of thiazole rings is 1. The van der Waals surface area contributed by atoms with Crippen LogP contribution in [-0.2, 0) is 18.9 Å². The van der Waals surface area contributed by atoms with Crippen molar-refractivity contribution >= 4 is 28.1 Å². The zero-order valence-electron chi connectivity index (χ0n) is 14.9. The number of fused-ring (bicyclic) bond motifs is 1. The summed E-state index contributed by atoms with van der Waals surface area (Å²) in [4.78, 5) is 17.3. The Balaban J connectivity index is 1.49. The number of hydrogen-bond donors (Lipinski definition) is 0. The van der Waals surface area contributed by atoms with Crippen molar-refractivity contribution in [2.75, 3.05) is 0 Å². The van der Waals surface area contributed by atoms with Gasteiger partial charge in [0.1, 0.15) is 12.4 Å². The number of thioether (sulfide) groups is 1. The highest BCUT2D eigenvalue weighted by atomic mass is 32.2. The number of para-hydroxylation sites is 1. The van der Waals surface area contributed by atoms with Gasteiger partial charge in [-0.2, -0.15) is 0 Å². The van der Waals surface area contributed by atoms with Gasteiger partial charge in [-0.3, -0.25) is 13.8 Å². The second kappa shape index (κ2) is 8.41. The largest absolute Gasteiger partial charge is 0.486 e. The molecule has 1 aromatic carbocycles. The maximum absolute atomic E-state index is 12.1. The van der Waals surface area contributed by atoms with Crippen molar-refractivity contribution in [3.63, 3.8) is 0 Å². The van der Waals surface area contributed by atoms with E-state index in [1.165, 1.54) is 27.5 Å². The number of hydrogen-bond acceptors (Lipinski definition) is 7. The third-order valence-electron chi connectivity index (χ3n) is 3.92. The molecule has 0 fully saturated rings. The van der Waals surface area contributed by atoms with Crippen molar-refractivity contribution < 1.29 is 4.74 Å². The van der Waals surface area contributed by atoms with Crippen LogP contribution < -0.4 is 10.3 Å². The van der Waals surface area contributed by atoms with Crippen LogP contribution in [0.25, 0.3) is 4.96 Å². The Labute approximate surface area is 169 Å². The molecular weight excluding hydrogens is 394 g/mol. The lowest BCUT2D eigenvalue weighted by Gasteiger charge is -2.09. The zero-order valence-corrected chi connectivity index (χ0v) is 16.5. The summed E-state index contributed by atoms with van der Waals surface area (Å²) in [6.07, 6.45) is 3.52. The van der Waals surface area contributed by atoms with Gasteiger partial charge < -0.3 is 4.74 Å². The molecule has 3 aromatic heterocycles. The molecule has 0 saturated heterocycles. The van der Waals surface area contributed by atoms with Gasteiger partial charge in [-0.15, -0.1) is 28.1 Å². The number of allylic oxidation sites excluding steroid dienone is 1. The first-order valence-corrected chi connectivity index (χ1v) is 10.4. The van der Waals surface area contributed by atoms with E-state index in [1.54, 1.807) is 18.3 Å². The molecule has 4 rings (SSSR count). The van der Waals surface area contributed by atoms with Crippen LogP contribution in [0, 0.1) is 0 Å². The van der Waals surface area contributed by atoms with Crippen molar-refractivity contribution in [3.05, 3.63) is 82.5 Å². The van der Waals surface area contributed by atoms with Crippen LogP contribution in [0.15, 0.2) is 70.6 Å². The predicted molar refractivity (Wildman–Crippen MR) is 110 cm³/mol. The quantitative estimate of drug-likeness (QED) is 0.327. The van der Waals surface area contributed by atoms with E-state index >= 15 is 0 Å². The van der Waals surface area contributed by atoms with Crippen molar-refractivity contribution in [3.8, 4) is 5.75 Å². The molecule has 0 amide bonds. The van der Waals surface area contributed by atoms with Crippen molar-refractivity contribution in [2.24, 2.45) is 0 Å². The monoisotopic (exact) mass is 411 g/mol. The fourth-order valence-electron chi connectivity index (χ4n) is 2.61. The van der Waals surface area contributed by atoms with E-state index in [-0.39, 0.29) is 5.56 Å². The Hall–Kier alpha value is -2.91. The Bertz CT molecular complexity index is 1150. The number of aromatic nitrogens is 5. The molecule has 0 aliphatic heterocycles. The van der Waals surface area contributed by atoms with E-state index in [2.05, 4.69) is 21.8 Å². The molecule has 0 aliphatic carbocycles. The molecule has 28 heavy (non-hydrogen) atoms. The Kier molecular flexibility index (Phi) is 5.54. The molecule has 3 heterocycles. The minimum atomic E-state index is -0.0774. The van der Waals surface area contributed by atoms with Crippen LogP contribution in [0.3, 0.4) is 0 Å². The van der Waals surface area contributed by atoms with Crippen molar-refractivity contribution in [2.45, 2.75) is 24.1 Å². The van der Waals surface area contributed by atoms with Crippen LogP contribution in [0.5, 0.6) is 5.75 Å². The lowest BCUT2D eigenvalue weighted by Crippen LogP contribution is -2.12. The Morgan fingerprint density at radius 2 is 2.11 bits per heavy atom. The lowest BCUT2D eigenvalue weighted by molar-refractivity contribution is 0.289. The first-order valence-electron chi connectivity index (χ1n) is 8.54. The molecule has 0 atom stereocenters. The molecule has 0 aliphatic rings. The molecule has 0 N–H and O–H groups in total. The first kappa shape index (κ1) is 18.5. The standard InChI is InChI=1S/C19H17N5O2S2/c1-2-8-23-16(12-26-15-6-4-3-5-7-15)21-22-19(23)28-13-14-11-17(25)24-9-10-27-18(24)20-14/h2-7,9-11H,1,8,12-13H2. The summed E-state index contributed by atoms with van der Waals surface area (Å²) >= 11 is 2.92. The van der Waals surface area contributed by atoms with Crippen LogP contribution >= 0.6 is 23.1 Å². The van der Waals surface area contributed by atoms with Gasteiger partial charge in [-0.05, 0) is 12.1 Å². The maximum atomic E-state index is 12.1. The summed E-state index contributed by atoms with van der Waals surface area (Å²) < 4.78 is 9.28. The maximum Gasteiger partial charge on any atom is 0.258 e. The SMILES string of the molecule is C=CCn1c(COc2ccccc2)nnc1SCc1cc(=O)n2ccsc2n1. The summed E-state index contributed by atoms with van der Waals surface area (Å²) in [5.41, 5.74) is 0.638. The number of nitrogens with zero attached hydrogens (tertiary/aromatic N) is 5. The van der Waals surface area contributed by atoms with Crippen LogP contribution in [-0.4, -0.2) is 24.1 Å². The molecule has 142 valence electrons. The van der Waals surface area contributed by atoms with Crippen LogP contribution in [0.2, 0.25) is 0 Å². The summed E-state index contributed by atoms with van der Waals surface area (Å²) in [6, 6.07) is 11.1. The second-order valence-corrected chi connectivity index (χ2v) is 7.65. The third-order valence-corrected chi connectivity index (χ3v) is 5.68. The molecule has 4 aromatic rings.